The molecule has 0 saturated carbocycles. The highest BCUT2D eigenvalue weighted by Crippen LogP contribution is 2.19. The molecule has 1 unspecified atom stereocenters. The van der Waals surface area contributed by atoms with Gasteiger partial charge in [-0.1, -0.05) is 24.5 Å². The lowest BCUT2D eigenvalue weighted by atomic mass is 9.90. The van der Waals surface area contributed by atoms with Crippen LogP contribution in [0, 0.1) is 17.8 Å². The van der Waals surface area contributed by atoms with Crippen LogP contribution < -0.4 is 0 Å². The third-order valence-corrected chi connectivity index (χ3v) is 1.87. The summed E-state index contributed by atoms with van der Waals surface area (Å²) in [5.41, 5.74) is 1.47. The van der Waals surface area contributed by atoms with Gasteiger partial charge in [0.25, 0.3) is 0 Å². The number of allylic oxidation sites excluding steroid dienone is 4. The van der Waals surface area contributed by atoms with Gasteiger partial charge in [0, 0.05) is 0 Å². The summed E-state index contributed by atoms with van der Waals surface area (Å²) in [6, 6.07) is 0. The van der Waals surface area contributed by atoms with Gasteiger partial charge in [-0.05, 0) is 30.6 Å². The van der Waals surface area contributed by atoms with E-state index in [1.807, 2.05) is 0 Å². The van der Waals surface area contributed by atoms with Crippen molar-refractivity contribution in [3.8, 4) is 11.8 Å². The first-order chi connectivity index (χ1) is 6.63. The average Bonchev–Trinajstić information content (AvgIpc) is 2.16. The second-order valence-corrected chi connectivity index (χ2v) is 3.25. The van der Waals surface area contributed by atoms with Gasteiger partial charge in [-0.15, -0.1) is 0 Å². The van der Waals surface area contributed by atoms with Gasteiger partial charge in [-0.2, -0.15) is 0 Å². The summed E-state index contributed by atoms with van der Waals surface area (Å²) < 4.78 is 0. The first-order valence-electron chi connectivity index (χ1n) is 4.35. The van der Waals surface area contributed by atoms with Crippen molar-refractivity contribution in [2.24, 2.45) is 5.92 Å². The highest BCUT2D eigenvalue weighted by atomic mass is 16.2. The molecule has 14 heavy (non-hydrogen) atoms. The predicted molar refractivity (Wildman–Crippen MR) is 55.6 cm³/mol. The van der Waals surface area contributed by atoms with Crippen LogP contribution in [0.15, 0.2) is 36.1 Å². The van der Waals surface area contributed by atoms with Gasteiger partial charge in [0.1, 0.15) is 0 Å². The summed E-state index contributed by atoms with van der Waals surface area (Å²) in [6.07, 6.45) is 4.55. The van der Waals surface area contributed by atoms with E-state index in [0.29, 0.717) is 6.42 Å². The molecule has 0 aromatic heterocycles. The summed E-state index contributed by atoms with van der Waals surface area (Å²) in [6.45, 7) is 5.43. The van der Waals surface area contributed by atoms with E-state index in [-0.39, 0.29) is 11.7 Å². The topological polar surface area (TPSA) is 37.3 Å². The lowest BCUT2D eigenvalue weighted by Gasteiger charge is -2.11. The quantitative estimate of drug-likeness (QED) is 0.467. The highest BCUT2D eigenvalue weighted by molar-refractivity contribution is 5.95. The van der Waals surface area contributed by atoms with Crippen LogP contribution >= 0.6 is 0 Å². The van der Waals surface area contributed by atoms with Gasteiger partial charge in [0.15, 0.2) is 5.78 Å². The van der Waals surface area contributed by atoms with E-state index in [4.69, 9.17) is 5.11 Å². The normalized spacial score (nSPS) is 23.1. The first kappa shape index (κ1) is 10.3. The number of ketones is 1. The first-order valence-corrected chi connectivity index (χ1v) is 4.35. The molecule has 2 nitrogen and oxygen atoms in total. The van der Waals surface area contributed by atoms with Crippen LogP contribution in [-0.2, 0) is 4.79 Å². The highest BCUT2D eigenvalue weighted by Gasteiger charge is 2.18. The van der Waals surface area contributed by atoms with Crippen molar-refractivity contribution in [1.82, 2.24) is 0 Å². The molecule has 1 aliphatic rings. The van der Waals surface area contributed by atoms with Crippen molar-refractivity contribution < 1.29 is 9.90 Å². The Morgan fingerprint density at radius 1 is 1.71 bits per heavy atom. The van der Waals surface area contributed by atoms with Crippen molar-refractivity contribution in [2.75, 3.05) is 0 Å². The SMILES string of the molecule is C=C(C)C#CC1CC(=CO)C=CC1=O. The maximum atomic E-state index is 11.3. The summed E-state index contributed by atoms with van der Waals surface area (Å²) in [7, 11) is 0. The zero-order valence-corrected chi connectivity index (χ0v) is 8.08. The number of carbonyl (C=O) groups is 1. The maximum Gasteiger partial charge on any atom is 0.170 e. The van der Waals surface area contributed by atoms with E-state index in [1.54, 1.807) is 13.0 Å². The van der Waals surface area contributed by atoms with Gasteiger partial charge in [-0.3, -0.25) is 4.79 Å². The number of aliphatic hydroxyl groups is 1. The standard InChI is InChI=1S/C12H12O2/c1-9(2)3-5-11-7-10(8-13)4-6-12(11)14/h4,6,8,11,13H,1,7H2,2H3. The third kappa shape index (κ3) is 2.63. The molecule has 0 amide bonds. The van der Waals surface area contributed by atoms with E-state index < -0.39 is 0 Å². The Kier molecular flexibility index (Phi) is 3.30. The number of hydrogen-bond acceptors (Lipinski definition) is 2. The molecular weight excluding hydrogens is 176 g/mol. The van der Waals surface area contributed by atoms with Crippen LogP contribution in [0.1, 0.15) is 13.3 Å². The minimum absolute atomic E-state index is 0.00986. The lowest BCUT2D eigenvalue weighted by molar-refractivity contribution is -0.116. The summed E-state index contributed by atoms with van der Waals surface area (Å²) in [5.74, 6) is 5.27. The molecule has 0 bridgehead atoms. The largest absolute Gasteiger partial charge is 0.515 e. The molecule has 72 valence electrons. The number of carbonyl (C=O) groups excluding carboxylic acids is 1. The van der Waals surface area contributed by atoms with Crippen molar-refractivity contribution in [3.63, 3.8) is 0 Å². The number of aliphatic hydroxyl groups excluding tert-OH is 1. The molecule has 0 aromatic carbocycles. The molecule has 0 fully saturated rings. The van der Waals surface area contributed by atoms with Crippen LogP contribution in [0.3, 0.4) is 0 Å². The van der Waals surface area contributed by atoms with E-state index in [1.165, 1.54) is 6.08 Å². The second-order valence-electron chi connectivity index (χ2n) is 3.25. The minimum Gasteiger partial charge on any atom is -0.515 e. The lowest BCUT2D eigenvalue weighted by Crippen LogP contribution is -2.14. The molecule has 1 rings (SSSR count). The van der Waals surface area contributed by atoms with Crippen LogP contribution in [0.4, 0.5) is 0 Å². The minimum atomic E-state index is -0.338. The Hall–Kier alpha value is -1.75. The maximum absolute atomic E-state index is 11.3. The molecule has 0 aliphatic heterocycles. The average molecular weight is 188 g/mol. The Morgan fingerprint density at radius 3 is 3.00 bits per heavy atom. The fourth-order valence-electron chi connectivity index (χ4n) is 1.14. The van der Waals surface area contributed by atoms with Crippen LogP contribution in [-0.4, -0.2) is 10.9 Å². The molecular formula is C12H12O2. The van der Waals surface area contributed by atoms with Gasteiger partial charge in [0.2, 0.25) is 0 Å². The molecule has 1 atom stereocenters. The number of hydrogen-bond donors (Lipinski definition) is 1. The monoisotopic (exact) mass is 188 g/mol. The zero-order chi connectivity index (χ0) is 10.6. The van der Waals surface area contributed by atoms with Crippen molar-refractivity contribution in [2.45, 2.75) is 13.3 Å². The van der Waals surface area contributed by atoms with E-state index in [2.05, 4.69) is 18.4 Å². The summed E-state index contributed by atoms with van der Waals surface area (Å²) in [4.78, 5) is 11.3. The molecule has 1 aliphatic carbocycles. The Labute approximate surface area is 83.6 Å². The fourth-order valence-corrected chi connectivity index (χ4v) is 1.14. The third-order valence-electron chi connectivity index (χ3n) is 1.87. The number of rotatable bonds is 0. The Balaban J connectivity index is 2.83. The molecule has 2 heteroatoms. The molecule has 0 saturated heterocycles. The predicted octanol–water partition coefficient (Wildman–Crippen LogP) is 2.15. The molecule has 0 radical (unpaired) electrons. The smallest absolute Gasteiger partial charge is 0.170 e. The van der Waals surface area contributed by atoms with Crippen LogP contribution in [0.25, 0.3) is 0 Å². The van der Waals surface area contributed by atoms with Crippen LogP contribution in [0.5, 0.6) is 0 Å². The van der Waals surface area contributed by atoms with E-state index in [9.17, 15) is 4.79 Å². The van der Waals surface area contributed by atoms with Gasteiger partial charge in [-0.25, -0.2) is 0 Å². The molecule has 0 aromatic rings. The van der Waals surface area contributed by atoms with Crippen molar-refractivity contribution in [1.29, 1.82) is 0 Å². The molecule has 0 spiro atoms. The summed E-state index contributed by atoms with van der Waals surface area (Å²) in [5, 5.41) is 8.78. The Bertz CT molecular complexity index is 375. The van der Waals surface area contributed by atoms with E-state index >= 15 is 0 Å². The fraction of sp³-hybridized carbons (Fsp3) is 0.250. The second kappa shape index (κ2) is 4.48. The molecule has 1 N–H and O–H groups in total. The van der Waals surface area contributed by atoms with Gasteiger partial charge in [0.05, 0.1) is 12.2 Å². The van der Waals surface area contributed by atoms with Crippen molar-refractivity contribution >= 4 is 5.78 Å². The Morgan fingerprint density at radius 2 is 2.43 bits per heavy atom. The summed E-state index contributed by atoms with van der Waals surface area (Å²) >= 11 is 0. The molecule has 0 heterocycles. The van der Waals surface area contributed by atoms with E-state index in [0.717, 1.165) is 17.4 Å². The van der Waals surface area contributed by atoms with Gasteiger partial charge >= 0.3 is 0 Å². The van der Waals surface area contributed by atoms with Crippen molar-refractivity contribution in [3.05, 3.63) is 36.1 Å². The zero-order valence-electron chi connectivity index (χ0n) is 8.08. The van der Waals surface area contributed by atoms with Gasteiger partial charge < -0.3 is 5.11 Å². The van der Waals surface area contributed by atoms with Crippen LogP contribution in [0.2, 0.25) is 0 Å².